The van der Waals surface area contributed by atoms with Crippen molar-refractivity contribution in [3.63, 3.8) is 0 Å². The Morgan fingerprint density at radius 1 is 1.12 bits per heavy atom. The van der Waals surface area contributed by atoms with Crippen LogP contribution in [0, 0.1) is 11.8 Å². The molecule has 16 heavy (non-hydrogen) atoms. The minimum absolute atomic E-state index is 0.156. The van der Waals surface area contributed by atoms with Gasteiger partial charge in [0.2, 0.25) is 0 Å². The van der Waals surface area contributed by atoms with E-state index in [1.54, 1.807) is 6.92 Å². The third-order valence-electron chi connectivity index (χ3n) is 4.11. The highest BCUT2D eigenvalue weighted by molar-refractivity contribution is 5.87. The average Bonchev–Trinajstić information content (AvgIpc) is 2.28. The van der Waals surface area contributed by atoms with Crippen molar-refractivity contribution in [3.8, 4) is 0 Å². The van der Waals surface area contributed by atoms with Gasteiger partial charge in [0.25, 0.3) is 0 Å². The van der Waals surface area contributed by atoms with E-state index >= 15 is 0 Å². The molecule has 2 aliphatic carbocycles. The fourth-order valence-corrected chi connectivity index (χ4v) is 3.19. The molecule has 0 heterocycles. The minimum atomic E-state index is -0.209. The third-order valence-corrected chi connectivity index (χ3v) is 4.11. The van der Waals surface area contributed by atoms with Crippen LogP contribution in [0.1, 0.15) is 51.9 Å². The van der Waals surface area contributed by atoms with E-state index in [0.29, 0.717) is 5.57 Å². The molecule has 0 aliphatic heterocycles. The van der Waals surface area contributed by atoms with Gasteiger partial charge in [-0.05, 0) is 38.0 Å². The summed E-state index contributed by atoms with van der Waals surface area (Å²) in [4.78, 5) is 11.4. The summed E-state index contributed by atoms with van der Waals surface area (Å²) in [5, 5.41) is 0. The van der Waals surface area contributed by atoms with Gasteiger partial charge in [0, 0.05) is 5.57 Å². The van der Waals surface area contributed by atoms with Crippen molar-refractivity contribution < 1.29 is 9.53 Å². The lowest BCUT2D eigenvalue weighted by atomic mass is 9.70. The van der Waals surface area contributed by atoms with E-state index in [2.05, 4.69) is 6.58 Å². The van der Waals surface area contributed by atoms with Gasteiger partial charge in [0.15, 0.2) is 0 Å². The molecule has 0 spiro atoms. The van der Waals surface area contributed by atoms with Crippen LogP contribution in [-0.2, 0) is 9.53 Å². The number of esters is 1. The fourth-order valence-electron chi connectivity index (χ4n) is 3.19. The lowest BCUT2D eigenvalue weighted by Crippen LogP contribution is -2.33. The van der Waals surface area contributed by atoms with Gasteiger partial charge in [0.05, 0.1) is 0 Å². The normalized spacial score (nSPS) is 33.9. The molecule has 0 bridgehead atoms. The van der Waals surface area contributed by atoms with E-state index in [9.17, 15) is 4.79 Å². The Morgan fingerprint density at radius 3 is 2.50 bits per heavy atom. The molecule has 3 atom stereocenters. The molecule has 2 saturated carbocycles. The SMILES string of the molecule is C=C(C)C(=O)O[C@@H]1CC[C@@H]2CCCC[C@@H]2C1. The van der Waals surface area contributed by atoms with Crippen molar-refractivity contribution in [2.24, 2.45) is 11.8 Å². The lowest BCUT2D eigenvalue weighted by Gasteiger charge is -2.38. The second-order valence-electron chi connectivity index (χ2n) is 5.43. The zero-order valence-corrected chi connectivity index (χ0v) is 10.2. The summed E-state index contributed by atoms with van der Waals surface area (Å²) in [6, 6.07) is 0. The van der Waals surface area contributed by atoms with Gasteiger partial charge in [-0.3, -0.25) is 0 Å². The Morgan fingerprint density at radius 2 is 1.81 bits per heavy atom. The van der Waals surface area contributed by atoms with Crippen molar-refractivity contribution in [3.05, 3.63) is 12.2 Å². The van der Waals surface area contributed by atoms with Crippen LogP contribution < -0.4 is 0 Å². The van der Waals surface area contributed by atoms with Crippen LogP contribution in [0.15, 0.2) is 12.2 Å². The van der Waals surface area contributed by atoms with Crippen LogP contribution in [0.5, 0.6) is 0 Å². The van der Waals surface area contributed by atoms with Gasteiger partial charge >= 0.3 is 5.97 Å². The Labute approximate surface area is 98.1 Å². The van der Waals surface area contributed by atoms with E-state index in [-0.39, 0.29) is 12.1 Å². The summed E-state index contributed by atoms with van der Waals surface area (Å²) in [5.41, 5.74) is 0.519. The molecule has 0 aromatic rings. The largest absolute Gasteiger partial charge is 0.459 e. The summed E-state index contributed by atoms with van der Waals surface area (Å²) in [6.45, 7) is 5.34. The highest BCUT2D eigenvalue weighted by Gasteiger charge is 2.33. The second kappa shape index (κ2) is 5.03. The van der Waals surface area contributed by atoms with E-state index < -0.39 is 0 Å². The van der Waals surface area contributed by atoms with Gasteiger partial charge in [-0.15, -0.1) is 0 Å². The molecule has 2 nitrogen and oxygen atoms in total. The van der Waals surface area contributed by atoms with Crippen LogP contribution in [0.4, 0.5) is 0 Å². The van der Waals surface area contributed by atoms with Gasteiger partial charge in [-0.1, -0.05) is 32.3 Å². The van der Waals surface area contributed by atoms with Gasteiger partial charge < -0.3 is 4.74 Å². The molecule has 90 valence electrons. The molecule has 0 unspecified atom stereocenters. The predicted octanol–water partition coefficient (Wildman–Crippen LogP) is 3.46. The third kappa shape index (κ3) is 2.66. The van der Waals surface area contributed by atoms with E-state index in [1.807, 2.05) is 0 Å². The van der Waals surface area contributed by atoms with Crippen molar-refractivity contribution in [1.29, 1.82) is 0 Å². The molecular weight excluding hydrogens is 200 g/mol. The van der Waals surface area contributed by atoms with Crippen LogP contribution in [0.3, 0.4) is 0 Å². The second-order valence-corrected chi connectivity index (χ2v) is 5.43. The van der Waals surface area contributed by atoms with Crippen LogP contribution >= 0.6 is 0 Å². The fraction of sp³-hybridized carbons (Fsp3) is 0.786. The molecule has 0 radical (unpaired) electrons. The maximum Gasteiger partial charge on any atom is 0.333 e. The first-order valence-corrected chi connectivity index (χ1v) is 6.53. The number of fused-ring (bicyclic) bond motifs is 1. The number of rotatable bonds is 2. The van der Waals surface area contributed by atoms with Crippen LogP contribution in [0.25, 0.3) is 0 Å². The molecule has 0 aromatic heterocycles. The maximum absolute atomic E-state index is 11.4. The molecule has 2 aliphatic rings. The van der Waals surface area contributed by atoms with E-state index in [0.717, 1.165) is 24.7 Å². The standard InChI is InChI=1S/C14H22O2/c1-10(2)14(15)16-13-8-7-11-5-3-4-6-12(11)9-13/h11-13H,1,3-9H2,2H3/t11-,12+,13+/m0/s1. The number of carbonyl (C=O) groups excluding carboxylic acids is 1. The van der Waals surface area contributed by atoms with Crippen LogP contribution in [0.2, 0.25) is 0 Å². The summed E-state index contributed by atoms with van der Waals surface area (Å²) in [7, 11) is 0. The molecule has 2 fully saturated rings. The van der Waals surface area contributed by atoms with Crippen molar-refractivity contribution in [2.45, 2.75) is 58.0 Å². The highest BCUT2D eigenvalue weighted by Crippen LogP contribution is 2.41. The monoisotopic (exact) mass is 222 g/mol. The van der Waals surface area contributed by atoms with Crippen molar-refractivity contribution >= 4 is 5.97 Å². The van der Waals surface area contributed by atoms with Crippen LogP contribution in [-0.4, -0.2) is 12.1 Å². The van der Waals surface area contributed by atoms with Crippen molar-refractivity contribution in [2.75, 3.05) is 0 Å². The predicted molar refractivity (Wildman–Crippen MR) is 64.0 cm³/mol. The topological polar surface area (TPSA) is 26.3 Å². The first-order valence-electron chi connectivity index (χ1n) is 6.53. The lowest BCUT2D eigenvalue weighted by molar-refractivity contribution is -0.147. The molecule has 2 rings (SSSR count). The Hall–Kier alpha value is -0.790. The van der Waals surface area contributed by atoms with Crippen molar-refractivity contribution in [1.82, 2.24) is 0 Å². The first-order chi connectivity index (χ1) is 7.66. The highest BCUT2D eigenvalue weighted by atomic mass is 16.5. The smallest absolute Gasteiger partial charge is 0.333 e. The minimum Gasteiger partial charge on any atom is -0.459 e. The quantitative estimate of drug-likeness (QED) is 0.528. The molecular formula is C14H22O2. The Kier molecular flexibility index (Phi) is 3.67. The van der Waals surface area contributed by atoms with Gasteiger partial charge in [-0.2, -0.15) is 0 Å². The number of hydrogen-bond donors (Lipinski definition) is 0. The average molecular weight is 222 g/mol. The summed E-state index contributed by atoms with van der Waals surface area (Å²) in [5.74, 6) is 1.51. The number of carbonyl (C=O) groups is 1. The summed E-state index contributed by atoms with van der Waals surface area (Å²) >= 11 is 0. The van der Waals surface area contributed by atoms with Gasteiger partial charge in [0.1, 0.15) is 6.10 Å². The molecule has 0 amide bonds. The number of hydrogen-bond acceptors (Lipinski definition) is 2. The Balaban J connectivity index is 1.85. The zero-order valence-electron chi connectivity index (χ0n) is 10.2. The molecule has 0 aromatic carbocycles. The maximum atomic E-state index is 11.4. The zero-order chi connectivity index (χ0) is 11.5. The van der Waals surface area contributed by atoms with Gasteiger partial charge in [-0.25, -0.2) is 4.79 Å². The molecule has 0 saturated heterocycles. The number of ether oxygens (including phenoxy) is 1. The summed E-state index contributed by atoms with van der Waals surface area (Å²) in [6.07, 6.45) is 9.04. The Bertz CT molecular complexity index is 282. The molecule has 0 N–H and O–H groups in total. The first kappa shape index (κ1) is 11.7. The summed E-state index contributed by atoms with van der Waals surface area (Å²) < 4.78 is 5.46. The van der Waals surface area contributed by atoms with E-state index in [1.165, 1.54) is 32.1 Å². The molecule has 2 heteroatoms. The van der Waals surface area contributed by atoms with E-state index in [4.69, 9.17) is 4.74 Å².